The predicted molar refractivity (Wildman–Crippen MR) is 99.2 cm³/mol. The van der Waals surface area contributed by atoms with Crippen LogP contribution in [0.25, 0.3) is 0 Å². The molecular weight excluding hydrogens is 344 g/mol. The number of benzene rings is 3. The molecule has 6 heteroatoms. The summed E-state index contributed by atoms with van der Waals surface area (Å²) in [4.78, 5) is 25.7. The van der Waals surface area contributed by atoms with Gasteiger partial charge in [-0.15, -0.1) is 0 Å². The molecule has 4 rings (SSSR count). The van der Waals surface area contributed by atoms with Crippen LogP contribution < -0.4 is 4.74 Å². The molecule has 3 aromatic carbocycles. The van der Waals surface area contributed by atoms with E-state index in [0.717, 1.165) is 11.1 Å². The van der Waals surface area contributed by atoms with Crippen LogP contribution in [-0.2, 0) is 6.54 Å². The lowest BCUT2D eigenvalue weighted by Gasteiger charge is -2.36. The van der Waals surface area contributed by atoms with E-state index < -0.39 is 11.2 Å². The van der Waals surface area contributed by atoms with E-state index in [9.17, 15) is 14.9 Å². The van der Waals surface area contributed by atoms with Crippen molar-refractivity contribution in [3.05, 3.63) is 106 Å². The van der Waals surface area contributed by atoms with Gasteiger partial charge in [-0.3, -0.25) is 19.8 Å². The van der Waals surface area contributed by atoms with Gasteiger partial charge in [-0.05, 0) is 11.6 Å². The number of fused-ring (bicyclic) bond motifs is 1. The number of nitrogens with zero attached hydrogens (tertiary/aromatic N) is 2. The fraction of sp³-hybridized carbons (Fsp3) is 0.0952. The van der Waals surface area contributed by atoms with E-state index in [1.807, 2.05) is 60.7 Å². The molecule has 1 unspecified atom stereocenters. The van der Waals surface area contributed by atoms with E-state index in [4.69, 9.17) is 4.74 Å². The third-order valence-corrected chi connectivity index (χ3v) is 4.48. The molecule has 0 radical (unpaired) electrons. The first-order chi connectivity index (χ1) is 13.1. The molecule has 0 aliphatic carbocycles. The van der Waals surface area contributed by atoms with Crippen molar-refractivity contribution in [3.8, 4) is 5.75 Å². The molecule has 1 aliphatic heterocycles. The second-order valence-electron chi connectivity index (χ2n) is 6.21. The fourth-order valence-corrected chi connectivity index (χ4v) is 3.20. The van der Waals surface area contributed by atoms with Crippen LogP contribution in [0.1, 0.15) is 27.7 Å². The second kappa shape index (κ2) is 6.92. The molecule has 1 atom stereocenters. The van der Waals surface area contributed by atoms with Crippen LogP contribution in [-0.4, -0.2) is 15.7 Å². The molecule has 1 aliphatic rings. The number of nitro groups is 1. The van der Waals surface area contributed by atoms with E-state index in [2.05, 4.69) is 0 Å². The average molecular weight is 360 g/mol. The first-order valence-corrected chi connectivity index (χ1v) is 8.49. The van der Waals surface area contributed by atoms with Crippen LogP contribution >= 0.6 is 0 Å². The zero-order valence-corrected chi connectivity index (χ0v) is 14.3. The third-order valence-electron chi connectivity index (χ3n) is 4.48. The summed E-state index contributed by atoms with van der Waals surface area (Å²) < 4.78 is 6.03. The van der Waals surface area contributed by atoms with Gasteiger partial charge in [0.2, 0.25) is 12.0 Å². The molecule has 27 heavy (non-hydrogen) atoms. The Bertz CT molecular complexity index is 990. The van der Waals surface area contributed by atoms with Gasteiger partial charge in [-0.1, -0.05) is 66.7 Å². The van der Waals surface area contributed by atoms with Crippen molar-refractivity contribution in [2.45, 2.75) is 12.8 Å². The molecule has 1 amide bonds. The minimum Gasteiger partial charge on any atom is -0.458 e. The maximum Gasteiger partial charge on any atom is 0.311 e. The lowest BCUT2D eigenvalue weighted by molar-refractivity contribution is -0.386. The van der Waals surface area contributed by atoms with E-state index in [1.165, 1.54) is 12.1 Å². The summed E-state index contributed by atoms with van der Waals surface area (Å²) in [5.74, 6) is -0.275. The number of para-hydroxylation sites is 1. The maximum atomic E-state index is 13.2. The number of ether oxygens (including phenoxy) is 1. The van der Waals surface area contributed by atoms with Crippen LogP contribution in [0.4, 0.5) is 5.69 Å². The summed E-state index contributed by atoms with van der Waals surface area (Å²) in [6.45, 7) is 0.335. The minimum atomic E-state index is -0.743. The van der Waals surface area contributed by atoms with Crippen LogP contribution in [0.5, 0.6) is 5.75 Å². The van der Waals surface area contributed by atoms with E-state index in [1.54, 1.807) is 11.0 Å². The SMILES string of the molecule is O=C1c2cccc([N+](=O)[O-])c2OC(c2ccccc2)N1Cc1ccccc1. The van der Waals surface area contributed by atoms with Gasteiger partial charge < -0.3 is 4.74 Å². The Labute approximate surface area is 155 Å². The number of nitro benzene ring substituents is 1. The van der Waals surface area contributed by atoms with Crippen molar-refractivity contribution in [3.63, 3.8) is 0 Å². The van der Waals surface area contributed by atoms with Crippen molar-refractivity contribution < 1.29 is 14.5 Å². The lowest BCUT2D eigenvalue weighted by Crippen LogP contribution is -2.41. The van der Waals surface area contributed by atoms with E-state index in [0.29, 0.717) is 6.54 Å². The molecule has 0 spiro atoms. The first-order valence-electron chi connectivity index (χ1n) is 8.49. The van der Waals surface area contributed by atoms with Crippen molar-refractivity contribution in [2.75, 3.05) is 0 Å². The second-order valence-corrected chi connectivity index (χ2v) is 6.21. The topological polar surface area (TPSA) is 72.7 Å². The Morgan fingerprint density at radius 1 is 0.926 bits per heavy atom. The van der Waals surface area contributed by atoms with Crippen LogP contribution in [0.15, 0.2) is 78.9 Å². The Kier molecular flexibility index (Phi) is 4.30. The summed E-state index contributed by atoms with van der Waals surface area (Å²) >= 11 is 0. The average Bonchev–Trinajstić information content (AvgIpc) is 2.71. The monoisotopic (exact) mass is 360 g/mol. The molecule has 0 N–H and O–H groups in total. The highest BCUT2D eigenvalue weighted by molar-refractivity contribution is 5.99. The summed E-state index contributed by atoms with van der Waals surface area (Å²) in [7, 11) is 0. The van der Waals surface area contributed by atoms with Crippen molar-refractivity contribution in [1.82, 2.24) is 4.90 Å². The first kappa shape index (κ1) is 16.8. The van der Waals surface area contributed by atoms with Crippen molar-refractivity contribution in [1.29, 1.82) is 0 Å². The van der Waals surface area contributed by atoms with Crippen LogP contribution in [0.3, 0.4) is 0 Å². The zero-order valence-electron chi connectivity index (χ0n) is 14.3. The highest BCUT2D eigenvalue weighted by Gasteiger charge is 2.38. The number of rotatable bonds is 4. The standard InChI is InChI=1S/C21H16N2O4/c24-20-17-12-7-13-18(23(25)26)19(17)27-21(16-10-5-2-6-11-16)22(20)14-15-8-3-1-4-9-15/h1-13,21H,14H2. The maximum absolute atomic E-state index is 13.2. The molecule has 1 heterocycles. The Morgan fingerprint density at radius 3 is 2.26 bits per heavy atom. The van der Waals surface area contributed by atoms with Gasteiger partial charge in [0.25, 0.3) is 5.91 Å². The van der Waals surface area contributed by atoms with Crippen LogP contribution in [0.2, 0.25) is 0 Å². The summed E-state index contributed by atoms with van der Waals surface area (Å²) in [5.41, 5.74) is 1.70. The number of carbonyl (C=O) groups excluding carboxylic acids is 1. The molecule has 134 valence electrons. The molecule has 0 fully saturated rings. The van der Waals surface area contributed by atoms with Gasteiger partial charge in [-0.2, -0.15) is 0 Å². The molecular formula is C21H16N2O4. The normalized spacial score (nSPS) is 15.8. The molecule has 0 bridgehead atoms. The smallest absolute Gasteiger partial charge is 0.311 e. The Morgan fingerprint density at radius 2 is 1.59 bits per heavy atom. The largest absolute Gasteiger partial charge is 0.458 e. The van der Waals surface area contributed by atoms with Gasteiger partial charge in [0.1, 0.15) is 0 Å². The highest BCUT2D eigenvalue weighted by atomic mass is 16.6. The summed E-state index contributed by atoms with van der Waals surface area (Å²) in [6, 6.07) is 23.2. The molecule has 0 aromatic heterocycles. The number of amides is 1. The van der Waals surface area contributed by atoms with E-state index >= 15 is 0 Å². The zero-order chi connectivity index (χ0) is 18.8. The summed E-state index contributed by atoms with van der Waals surface area (Å²) in [5, 5.41) is 11.4. The van der Waals surface area contributed by atoms with E-state index in [-0.39, 0.29) is 22.9 Å². The number of hydrogen-bond acceptors (Lipinski definition) is 4. The van der Waals surface area contributed by atoms with Gasteiger partial charge >= 0.3 is 5.69 Å². The number of carbonyl (C=O) groups is 1. The third kappa shape index (κ3) is 3.13. The van der Waals surface area contributed by atoms with Gasteiger partial charge in [-0.25, -0.2) is 0 Å². The minimum absolute atomic E-state index is 0.0191. The number of hydrogen-bond donors (Lipinski definition) is 0. The fourth-order valence-electron chi connectivity index (χ4n) is 3.20. The van der Waals surface area contributed by atoms with Crippen molar-refractivity contribution in [2.24, 2.45) is 0 Å². The van der Waals surface area contributed by atoms with Gasteiger partial charge in [0.15, 0.2) is 0 Å². The van der Waals surface area contributed by atoms with Crippen LogP contribution in [0, 0.1) is 10.1 Å². The van der Waals surface area contributed by atoms with Gasteiger partial charge in [0, 0.05) is 18.2 Å². The molecule has 3 aromatic rings. The predicted octanol–water partition coefficient (Wildman–Crippen LogP) is 4.33. The molecule has 0 saturated carbocycles. The highest BCUT2D eigenvalue weighted by Crippen LogP contribution is 2.41. The lowest BCUT2D eigenvalue weighted by atomic mass is 10.0. The molecule has 0 saturated heterocycles. The van der Waals surface area contributed by atoms with Gasteiger partial charge in [0.05, 0.1) is 10.5 Å². The molecule has 6 nitrogen and oxygen atoms in total. The van der Waals surface area contributed by atoms with Crippen molar-refractivity contribution >= 4 is 11.6 Å². The quantitative estimate of drug-likeness (QED) is 0.513. The Hall–Kier alpha value is -3.67. The Balaban J connectivity index is 1.82. The summed E-state index contributed by atoms with van der Waals surface area (Å²) in [6.07, 6.45) is -0.743.